The molecule has 0 saturated heterocycles. The van der Waals surface area contributed by atoms with Gasteiger partial charge in [0.15, 0.2) is 0 Å². The molecule has 4 N–H and O–H groups in total. The van der Waals surface area contributed by atoms with E-state index in [2.05, 4.69) is 32.7 Å². The lowest BCUT2D eigenvalue weighted by molar-refractivity contribution is -0.147. The van der Waals surface area contributed by atoms with E-state index in [0.717, 1.165) is 28.1 Å². The van der Waals surface area contributed by atoms with Crippen molar-refractivity contribution < 1.29 is 9.53 Å². The van der Waals surface area contributed by atoms with Crippen molar-refractivity contribution in [3.05, 3.63) is 64.8 Å². The molecule has 9 heteroatoms. The third kappa shape index (κ3) is 5.23. The summed E-state index contributed by atoms with van der Waals surface area (Å²) in [6.45, 7) is 8.31. The molecule has 0 fully saturated rings. The number of nitriles is 2. The van der Waals surface area contributed by atoms with Crippen LogP contribution in [0.15, 0.2) is 42.6 Å². The second-order valence-corrected chi connectivity index (χ2v) is 9.88. The lowest BCUT2D eigenvalue weighted by Crippen LogP contribution is -2.40. The summed E-state index contributed by atoms with van der Waals surface area (Å²) in [5.41, 5.74) is 11.1. The average molecular weight is 496 g/mol. The maximum atomic E-state index is 12.4. The summed E-state index contributed by atoms with van der Waals surface area (Å²) in [6.07, 6.45) is 1.64. The van der Waals surface area contributed by atoms with Crippen molar-refractivity contribution in [1.82, 2.24) is 9.97 Å². The van der Waals surface area contributed by atoms with Crippen molar-refractivity contribution in [2.45, 2.75) is 39.2 Å². The number of benzene rings is 2. The first-order valence-corrected chi connectivity index (χ1v) is 12.0. The average Bonchev–Trinajstić information content (AvgIpc) is 3.24. The van der Waals surface area contributed by atoms with Gasteiger partial charge in [0.05, 0.1) is 28.6 Å². The predicted molar refractivity (Wildman–Crippen MR) is 141 cm³/mol. The van der Waals surface area contributed by atoms with Crippen LogP contribution in [0, 0.1) is 35.5 Å². The number of carbonyl (C=O) groups excluding carboxylic acids is 1. The lowest BCUT2D eigenvalue weighted by Gasteiger charge is -2.25. The summed E-state index contributed by atoms with van der Waals surface area (Å²) < 4.78 is 5.60. The van der Waals surface area contributed by atoms with Gasteiger partial charge in [0, 0.05) is 29.4 Å². The van der Waals surface area contributed by atoms with Crippen LogP contribution in [0.2, 0.25) is 0 Å². The molecule has 1 aliphatic heterocycles. The van der Waals surface area contributed by atoms with Crippen LogP contribution >= 0.6 is 0 Å². The Labute approximate surface area is 216 Å². The minimum absolute atomic E-state index is 0.0298. The molecular weight excluding hydrogens is 466 g/mol. The Morgan fingerprint density at radius 1 is 1.24 bits per heavy atom. The SMILES string of the molecule is Cc1ccc(C#N)cc1Nc1nccc(-c2cc(C#N)c3c(c2)[C@@](C)(COC(=O)C(N)C(C)C)CN3)n1. The number of esters is 1. The van der Waals surface area contributed by atoms with Gasteiger partial charge in [0.1, 0.15) is 18.7 Å². The van der Waals surface area contributed by atoms with Crippen LogP contribution in [0.1, 0.15) is 43.0 Å². The zero-order valence-electron chi connectivity index (χ0n) is 21.3. The van der Waals surface area contributed by atoms with Crippen LogP contribution in [0.4, 0.5) is 17.3 Å². The number of hydrogen-bond acceptors (Lipinski definition) is 9. The van der Waals surface area contributed by atoms with E-state index in [1.807, 2.05) is 39.8 Å². The number of nitrogens with two attached hydrogens (primary N) is 1. The first-order chi connectivity index (χ1) is 17.6. The fourth-order valence-corrected chi connectivity index (χ4v) is 4.18. The Bertz CT molecular complexity index is 1440. The minimum atomic E-state index is -0.692. The van der Waals surface area contributed by atoms with E-state index >= 15 is 0 Å². The van der Waals surface area contributed by atoms with Gasteiger partial charge in [-0.3, -0.25) is 4.79 Å². The van der Waals surface area contributed by atoms with E-state index in [0.29, 0.717) is 29.3 Å². The minimum Gasteiger partial charge on any atom is -0.464 e. The highest BCUT2D eigenvalue weighted by Gasteiger charge is 2.38. The molecule has 0 spiro atoms. The van der Waals surface area contributed by atoms with Crippen molar-refractivity contribution in [3.63, 3.8) is 0 Å². The standard InChI is InChI=1S/C28H29N7O2/c1-16(2)24(31)26(36)37-15-28(4)14-33-25-20(13-30)10-19(11-21(25)28)22-7-8-32-27(34-22)35-23-9-18(12-29)6-5-17(23)3/h5-11,16,24,33H,14-15,31H2,1-4H3,(H,32,34,35)/t24?,28-/m1/s1. The number of hydrogen-bond donors (Lipinski definition) is 3. The molecule has 0 saturated carbocycles. The molecule has 2 atom stereocenters. The van der Waals surface area contributed by atoms with E-state index in [1.54, 1.807) is 30.5 Å². The molecule has 37 heavy (non-hydrogen) atoms. The topological polar surface area (TPSA) is 150 Å². The molecule has 4 rings (SSSR count). The Balaban J connectivity index is 1.65. The van der Waals surface area contributed by atoms with Crippen molar-refractivity contribution in [1.29, 1.82) is 10.5 Å². The summed E-state index contributed by atoms with van der Waals surface area (Å²) in [5.74, 6) is -0.103. The number of carbonyl (C=O) groups is 1. The zero-order chi connectivity index (χ0) is 26.7. The number of nitrogens with zero attached hydrogens (tertiary/aromatic N) is 4. The maximum absolute atomic E-state index is 12.4. The van der Waals surface area contributed by atoms with Gasteiger partial charge in [-0.1, -0.05) is 26.8 Å². The first-order valence-electron chi connectivity index (χ1n) is 12.0. The van der Waals surface area contributed by atoms with Crippen LogP contribution in [-0.4, -0.2) is 35.1 Å². The highest BCUT2D eigenvalue weighted by molar-refractivity contribution is 5.78. The van der Waals surface area contributed by atoms with E-state index in [4.69, 9.17) is 10.5 Å². The normalized spacial score (nSPS) is 16.8. The van der Waals surface area contributed by atoms with Gasteiger partial charge in [-0.15, -0.1) is 0 Å². The number of anilines is 3. The number of nitrogens with one attached hydrogen (secondary N) is 2. The number of aromatic nitrogens is 2. The molecule has 1 aromatic heterocycles. The fraction of sp³-hybridized carbons (Fsp3) is 0.321. The van der Waals surface area contributed by atoms with E-state index in [1.165, 1.54) is 0 Å². The number of rotatable bonds is 7. The highest BCUT2D eigenvalue weighted by Crippen LogP contribution is 2.41. The van der Waals surface area contributed by atoms with Crippen LogP contribution in [0.3, 0.4) is 0 Å². The Morgan fingerprint density at radius 2 is 2.03 bits per heavy atom. The molecule has 0 radical (unpaired) electrons. The largest absolute Gasteiger partial charge is 0.464 e. The monoisotopic (exact) mass is 495 g/mol. The predicted octanol–water partition coefficient (Wildman–Crippen LogP) is 4.15. The Kier molecular flexibility index (Phi) is 7.10. The van der Waals surface area contributed by atoms with Crippen LogP contribution in [0.25, 0.3) is 11.3 Å². The van der Waals surface area contributed by atoms with Crippen LogP contribution in [0.5, 0.6) is 0 Å². The summed E-state index contributed by atoms with van der Waals surface area (Å²) in [7, 11) is 0. The molecular formula is C28H29N7O2. The number of aryl methyl sites for hydroxylation is 1. The van der Waals surface area contributed by atoms with Crippen molar-refractivity contribution in [2.24, 2.45) is 11.7 Å². The molecule has 1 aliphatic rings. The summed E-state index contributed by atoms with van der Waals surface area (Å²) in [4.78, 5) is 21.4. The molecule has 0 amide bonds. The molecule has 0 bridgehead atoms. The van der Waals surface area contributed by atoms with E-state index < -0.39 is 17.4 Å². The molecule has 2 heterocycles. The molecule has 1 unspecified atom stereocenters. The van der Waals surface area contributed by atoms with Crippen molar-refractivity contribution in [3.8, 4) is 23.4 Å². The second-order valence-electron chi connectivity index (χ2n) is 9.88. The van der Waals surface area contributed by atoms with Crippen molar-refractivity contribution in [2.75, 3.05) is 23.8 Å². The van der Waals surface area contributed by atoms with Crippen molar-refractivity contribution >= 4 is 23.3 Å². The quantitative estimate of drug-likeness (QED) is 0.411. The summed E-state index contributed by atoms with van der Waals surface area (Å²) in [6, 6.07) is 14.6. The molecule has 0 aliphatic carbocycles. The highest BCUT2D eigenvalue weighted by atomic mass is 16.5. The van der Waals surface area contributed by atoms with E-state index in [9.17, 15) is 15.3 Å². The zero-order valence-corrected chi connectivity index (χ0v) is 21.3. The molecule has 9 nitrogen and oxygen atoms in total. The third-order valence-corrected chi connectivity index (χ3v) is 6.65. The molecule has 3 aromatic rings. The Morgan fingerprint density at radius 3 is 2.73 bits per heavy atom. The van der Waals surface area contributed by atoms with Gasteiger partial charge in [0.2, 0.25) is 5.95 Å². The van der Waals surface area contributed by atoms with Gasteiger partial charge in [-0.25, -0.2) is 9.97 Å². The van der Waals surface area contributed by atoms with Gasteiger partial charge < -0.3 is 21.1 Å². The lowest BCUT2D eigenvalue weighted by atomic mass is 9.83. The summed E-state index contributed by atoms with van der Waals surface area (Å²) >= 11 is 0. The van der Waals surface area contributed by atoms with Gasteiger partial charge >= 0.3 is 5.97 Å². The smallest absolute Gasteiger partial charge is 0.323 e. The number of ether oxygens (including phenoxy) is 1. The molecule has 188 valence electrons. The van der Waals surface area contributed by atoms with Crippen LogP contribution in [-0.2, 0) is 14.9 Å². The molecule has 2 aromatic carbocycles. The maximum Gasteiger partial charge on any atom is 0.323 e. The van der Waals surface area contributed by atoms with E-state index in [-0.39, 0.29) is 12.5 Å². The third-order valence-electron chi connectivity index (χ3n) is 6.65. The van der Waals surface area contributed by atoms with Gasteiger partial charge in [-0.2, -0.15) is 10.5 Å². The first kappa shape index (κ1) is 25.6. The number of fused-ring (bicyclic) bond motifs is 1. The van der Waals surface area contributed by atoms with Gasteiger partial charge in [0.25, 0.3) is 0 Å². The Hall–Kier alpha value is -4.47. The van der Waals surface area contributed by atoms with Crippen LogP contribution < -0.4 is 16.4 Å². The second kappa shape index (κ2) is 10.3. The van der Waals surface area contributed by atoms with Gasteiger partial charge in [-0.05, 0) is 54.3 Å². The fourth-order valence-electron chi connectivity index (χ4n) is 4.18. The summed E-state index contributed by atoms with van der Waals surface area (Å²) in [5, 5.41) is 25.6.